The van der Waals surface area contributed by atoms with Crippen molar-refractivity contribution in [1.29, 1.82) is 0 Å². The highest BCUT2D eigenvalue weighted by Gasteiger charge is 2.48. The number of piperidine rings is 1. The molecule has 7 nitrogen and oxygen atoms in total. The number of aromatic nitrogens is 4. The molecule has 2 bridgehead atoms. The van der Waals surface area contributed by atoms with Crippen molar-refractivity contribution in [1.82, 2.24) is 25.7 Å². The Morgan fingerprint density at radius 2 is 1.87 bits per heavy atom. The average molecular weight is 419 g/mol. The normalized spacial score (nSPS) is 27.4. The summed E-state index contributed by atoms with van der Waals surface area (Å²) in [6.07, 6.45) is 8.47. The number of aromatic amines is 1. The fraction of sp³-hybridized carbons (Fsp3) is 0.458. The lowest BCUT2D eigenvalue weighted by atomic mass is 9.80. The molecule has 0 saturated carbocycles. The molecule has 2 unspecified atom stereocenters. The molecule has 7 heteroatoms. The number of phenolic OH excluding ortho intramolecular Hbond substituents is 1. The highest BCUT2D eigenvalue weighted by molar-refractivity contribution is 5.76. The minimum absolute atomic E-state index is 0.184. The van der Waals surface area contributed by atoms with Gasteiger partial charge in [-0.2, -0.15) is 5.10 Å². The topological polar surface area (TPSA) is 98.8 Å². The fourth-order valence-electron chi connectivity index (χ4n) is 5.63. The molecule has 3 aromatic rings. The highest BCUT2D eigenvalue weighted by Crippen LogP contribution is 2.44. The van der Waals surface area contributed by atoms with Gasteiger partial charge in [-0.05, 0) is 87.8 Å². The minimum atomic E-state index is 0.184. The Balaban J connectivity index is 1.28. The first kappa shape index (κ1) is 20.0. The molecule has 1 aromatic carbocycles. The Labute approximate surface area is 182 Å². The summed E-state index contributed by atoms with van der Waals surface area (Å²) in [5.41, 5.74) is 4.81. The van der Waals surface area contributed by atoms with Crippen molar-refractivity contribution in [3.63, 3.8) is 0 Å². The Kier molecular flexibility index (Phi) is 4.73. The molecular formula is C24H30N6O. The maximum Gasteiger partial charge on any atom is 0.148 e. The van der Waals surface area contributed by atoms with Crippen LogP contribution in [-0.4, -0.2) is 43.1 Å². The first-order chi connectivity index (χ1) is 14.8. The van der Waals surface area contributed by atoms with Crippen LogP contribution in [0.25, 0.3) is 22.4 Å². The third-order valence-corrected chi connectivity index (χ3v) is 6.97. The van der Waals surface area contributed by atoms with Gasteiger partial charge in [0.2, 0.25) is 0 Å². The van der Waals surface area contributed by atoms with Gasteiger partial charge >= 0.3 is 0 Å². The first-order valence-electron chi connectivity index (χ1n) is 11.0. The Hall–Kier alpha value is -2.93. The molecule has 31 heavy (non-hydrogen) atoms. The van der Waals surface area contributed by atoms with Crippen molar-refractivity contribution in [3.05, 3.63) is 42.2 Å². The molecule has 162 valence electrons. The number of aryl methyl sites for hydroxylation is 1. The minimum Gasteiger partial charge on any atom is -0.507 e. The van der Waals surface area contributed by atoms with Crippen molar-refractivity contribution >= 4 is 5.82 Å². The van der Waals surface area contributed by atoms with E-state index in [4.69, 9.17) is 0 Å². The van der Waals surface area contributed by atoms with E-state index in [0.29, 0.717) is 17.2 Å². The average Bonchev–Trinajstić information content (AvgIpc) is 3.34. The summed E-state index contributed by atoms with van der Waals surface area (Å²) in [5.74, 6) is 1.59. The second kappa shape index (κ2) is 7.34. The van der Waals surface area contributed by atoms with Gasteiger partial charge < -0.3 is 15.7 Å². The van der Waals surface area contributed by atoms with Crippen LogP contribution in [0.4, 0.5) is 5.82 Å². The molecule has 0 radical (unpaired) electrons. The van der Waals surface area contributed by atoms with Crippen LogP contribution in [0.1, 0.15) is 45.1 Å². The van der Waals surface area contributed by atoms with Crippen LogP contribution in [-0.2, 0) is 0 Å². The number of nitrogens with one attached hydrogen (secondary N) is 3. The van der Waals surface area contributed by atoms with Gasteiger partial charge in [0.15, 0.2) is 0 Å². The van der Waals surface area contributed by atoms with Gasteiger partial charge in [-0.25, -0.2) is 0 Å². The number of hydrogen-bond donors (Lipinski definition) is 4. The van der Waals surface area contributed by atoms with Crippen LogP contribution in [0.5, 0.6) is 5.75 Å². The number of nitrogens with zero attached hydrogens (tertiary/aromatic N) is 3. The first-order valence-corrected chi connectivity index (χ1v) is 11.0. The number of anilines is 1. The van der Waals surface area contributed by atoms with E-state index in [1.807, 2.05) is 31.3 Å². The van der Waals surface area contributed by atoms with E-state index in [9.17, 15) is 5.11 Å². The number of phenols is 1. The number of H-pyrrole nitrogens is 1. The zero-order valence-corrected chi connectivity index (χ0v) is 18.4. The van der Waals surface area contributed by atoms with Crippen molar-refractivity contribution in [2.45, 2.75) is 57.5 Å². The van der Waals surface area contributed by atoms with Crippen LogP contribution < -0.4 is 10.6 Å². The van der Waals surface area contributed by atoms with Crippen LogP contribution in [0.15, 0.2) is 36.7 Å². The second-order valence-electron chi connectivity index (χ2n) is 9.88. The molecule has 4 N–H and O–H groups in total. The largest absolute Gasteiger partial charge is 0.507 e. The van der Waals surface area contributed by atoms with E-state index in [1.54, 1.807) is 12.3 Å². The molecule has 0 spiro atoms. The van der Waals surface area contributed by atoms with E-state index in [1.165, 1.54) is 25.7 Å². The quantitative estimate of drug-likeness (QED) is 0.494. The molecule has 5 rings (SSSR count). The SMILES string of the molecule is Cc1cc(-c2ccc(NCC3CC4(C)CCC(C)(C3)N4)nn2)c(O)cc1-c1cn[nH]c1. The predicted octanol–water partition coefficient (Wildman–Crippen LogP) is 4.27. The van der Waals surface area contributed by atoms with Crippen molar-refractivity contribution in [3.8, 4) is 28.1 Å². The number of benzene rings is 1. The molecule has 2 aromatic heterocycles. The summed E-state index contributed by atoms with van der Waals surface area (Å²) >= 11 is 0. The number of aromatic hydroxyl groups is 1. The summed E-state index contributed by atoms with van der Waals surface area (Å²) in [7, 11) is 0. The smallest absolute Gasteiger partial charge is 0.148 e. The van der Waals surface area contributed by atoms with Crippen molar-refractivity contribution < 1.29 is 5.11 Å². The third kappa shape index (κ3) is 3.90. The molecule has 4 heterocycles. The molecule has 2 aliphatic rings. The Bertz CT molecular complexity index is 1060. The lowest BCUT2D eigenvalue weighted by Gasteiger charge is -2.42. The monoisotopic (exact) mass is 418 g/mol. The molecule has 0 aliphatic carbocycles. The van der Waals surface area contributed by atoms with E-state index < -0.39 is 0 Å². The van der Waals surface area contributed by atoms with Crippen molar-refractivity contribution in [2.75, 3.05) is 11.9 Å². The van der Waals surface area contributed by atoms with Crippen LogP contribution >= 0.6 is 0 Å². The predicted molar refractivity (Wildman–Crippen MR) is 122 cm³/mol. The summed E-state index contributed by atoms with van der Waals surface area (Å²) in [4.78, 5) is 0. The zero-order valence-electron chi connectivity index (χ0n) is 18.4. The lowest BCUT2D eigenvalue weighted by Crippen LogP contribution is -2.54. The zero-order chi connectivity index (χ0) is 21.6. The standard InChI is InChI=1S/C24H30N6O/c1-15-8-19(21(31)9-18(15)17-13-26-27-14-17)20-4-5-22(29-28-20)25-12-16-10-23(2)6-7-24(3,11-16)30-23/h4-5,8-9,13-14,16,30-31H,6-7,10-12H2,1-3H3,(H,25,29)(H,26,27). The van der Waals surface area contributed by atoms with E-state index in [0.717, 1.165) is 29.1 Å². The van der Waals surface area contributed by atoms with E-state index in [-0.39, 0.29) is 16.8 Å². The molecule has 2 aliphatic heterocycles. The second-order valence-corrected chi connectivity index (χ2v) is 9.88. The van der Waals surface area contributed by atoms with Gasteiger partial charge in [-0.15, -0.1) is 10.2 Å². The summed E-state index contributed by atoms with van der Waals surface area (Å²) in [6.45, 7) is 7.63. The highest BCUT2D eigenvalue weighted by atomic mass is 16.3. The summed E-state index contributed by atoms with van der Waals surface area (Å²) in [5, 5.41) is 33.4. The van der Waals surface area contributed by atoms with Crippen LogP contribution in [0.2, 0.25) is 0 Å². The number of fused-ring (bicyclic) bond motifs is 2. The Morgan fingerprint density at radius 1 is 1.10 bits per heavy atom. The molecule has 2 saturated heterocycles. The molecule has 2 atom stereocenters. The third-order valence-electron chi connectivity index (χ3n) is 6.97. The van der Waals surface area contributed by atoms with Gasteiger partial charge in [0, 0.05) is 34.9 Å². The summed E-state index contributed by atoms with van der Waals surface area (Å²) in [6, 6.07) is 7.56. The van der Waals surface area contributed by atoms with E-state index in [2.05, 4.69) is 44.9 Å². The Morgan fingerprint density at radius 3 is 2.52 bits per heavy atom. The van der Waals surface area contributed by atoms with Gasteiger partial charge in [0.1, 0.15) is 11.6 Å². The van der Waals surface area contributed by atoms with Crippen molar-refractivity contribution in [2.24, 2.45) is 5.92 Å². The number of hydrogen-bond acceptors (Lipinski definition) is 6. The van der Waals surface area contributed by atoms with Gasteiger partial charge in [0.25, 0.3) is 0 Å². The van der Waals surface area contributed by atoms with Gasteiger partial charge in [0.05, 0.1) is 11.9 Å². The number of rotatable bonds is 5. The van der Waals surface area contributed by atoms with Crippen LogP contribution in [0, 0.1) is 12.8 Å². The van der Waals surface area contributed by atoms with E-state index >= 15 is 0 Å². The van der Waals surface area contributed by atoms with Crippen LogP contribution in [0.3, 0.4) is 0 Å². The van der Waals surface area contributed by atoms with Gasteiger partial charge in [-0.1, -0.05) is 0 Å². The molecular weight excluding hydrogens is 388 g/mol. The maximum atomic E-state index is 10.6. The maximum absolute atomic E-state index is 10.6. The summed E-state index contributed by atoms with van der Waals surface area (Å²) < 4.78 is 0. The van der Waals surface area contributed by atoms with Gasteiger partial charge in [-0.3, -0.25) is 5.10 Å². The fourth-order valence-corrected chi connectivity index (χ4v) is 5.63. The molecule has 0 amide bonds. The lowest BCUT2D eigenvalue weighted by molar-refractivity contribution is 0.178. The molecule has 2 fully saturated rings.